The van der Waals surface area contributed by atoms with Crippen LogP contribution >= 0.6 is 11.6 Å². The number of nitrogens with one attached hydrogen (secondary N) is 1. The monoisotopic (exact) mass is 268 g/mol. The van der Waals surface area contributed by atoms with E-state index < -0.39 is 0 Å². The second kappa shape index (κ2) is 7.13. The van der Waals surface area contributed by atoms with Gasteiger partial charge in [-0.15, -0.1) is 0 Å². The molecule has 0 saturated carbocycles. The number of amides is 1. The largest absolute Gasteiger partial charge is 0.358 e. The van der Waals surface area contributed by atoms with E-state index >= 15 is 0 Å². The van der Waals surface area contributed by atoms with Gasteiger partial charge in [0.05, 0.1) is 13.1 Å². The summed E-state index contributed by atoms with van der Waals surface area (Å²) in [5, 5.41) is 3.08. The Balaban J connectivity index is 2.65. The van der Waals surface area contributed by atoms with E-state index in [9.17, 15) is 9.59 Å². The molecule has 98 valence electrons. The van der Waals surface area contributed by atoms with Crippen LogP contribution in [0.15, 0.2) is 24.3 Å². The molecule has 0 aliphatic rings. The van der Waals surface area contributed by atoms with Crippen LogP contribution in [-0.2, 0) is 4.79 Å². The van der Waals surface area contributed by atoms with Crippen LogP contribution in [0.2, 0.25) is 5.02 Å². The summed E-state index contributed by atoms with van der Waals surface area (Å²) in [6.45, 7) is 2.98. The summed E-state index contributed by atoms with van der Waals surface area (Å²) in [4.78, 5) is 25.1. The molecule has 0 aromatic heterocycles. The number of rotatable bonds is 6. The summed E-state index contributed by atoms with van der Waals surface area (Å²) in [5.74, 6) is -0.140. The molecule has 0 radical (unpaired) electrons. The van der Waals surface area contributed by atoms with Crippen molar-refractivity contribution in [3.05, 3.63) is 34.9 Å². The third-order valence-electron chi connectivity index (χ3n) is 2.61. The van der Waals surface area contributed by atoms with Gasteiger partial charge in [0.1, 0.15) is 0 Å². The maximum atomic E-state index is 12.0. The minimum absolute atomic E-state index is 0.0387. The van der Waals surface area contributed by atoms with Gasteiger partial charge in [0.25, 0.3) is 0 Å². The molecule has 0 aliphatic heterocycles. The number of ketones is 1. The Labute approximate surface area is 112 Å². The first-order valence-electron chi connectivity index (χ1n) is 5.78. The Bertz CT molecular complexity index is 435. The van der Waals surface area contributed by atoms with Crippen molar-refractivity contribution in [2.24, 2.45) is 0 Å². The molecule has 1 N–H and O–H groups in total. The average Bonchev–Trinajstić information content (AvgIpc) is 2.37. The maximum Gasteiger partial charge on any atom is 0.233 e. The molecule has 0 aliphatic carbocycles. The van der Waals surface area contributed by atoms with E-state index in [-0.39, 0.29) is 24.8 Å². The lowest BCUT2D eigenvalue weighted by Crippen LogP contribution is -2.38. The highest BCUT2D eigenvalue weighted by Gasteiger charge is 2.13. The van der Waals surface area contributed by atoms with Gasteiger partial charge < -0.3 is 5.32 Å². The fraction of sp³-hybridized carbons (Fsp3) is 0.385. The van der Waals surface area contributed by atoms with E-state index in [1.807, 2.05) is 6.92 Å². The van der Waals surface area contributed by atoms with Crippen LogP contribution in [0.5, 0.6) is 0 Å². The maximum absolute atomic E-state index is 12.0. The number of nitrogens with zero attached hydrogens (tertiary/aromatic N) is 1. The van der Waals surface area contributed by atoms with Gasteiger partial charge in [-0.2, -0.15) is 0 Å². The summed E-state index contributed by atoms with van der Waals surface area (Å²) in [6, 6.07) is 6.82. The lowest BCUT2D eigenvalue weighted by atomic mass is 10.1. The second-order valence-corrected chi connectivity index (χ2v) is 4.35. The molecular weight excluding hydrogens is 252 g/mol. The number of carbonyl (C=O) groups is 2. The normalized spacial score (nSPS) is 10.4. The molecule has 18 heavy (non-hydrogen) atoms. The van der Waals surface area contributed by atoms with Gasteiger partial charge in [-0.05, 0) is 18.7 Å². The van der Waals surface area contributed by atoms with Gasteiger partial charge in [-0.25, -0.2) is 0 Å². The third-order valence-corrected chi connectivity index (χ3v) is 2.84. The number of likely N-dealkylation sites (N-methyl/N-ethyl adjacent to an activating group) is 2. The highest BCUT2D eigenvalue weighted by molar-refractivity contribution is 6.31. The number of hydrogen-bond acceptors (Lipinski definition) is 3. The molecule has 1 rings (SSSR count). The smallest absolute Gasteiger partial charge is 0.233 e. The summed E-state index contributed by atoms with van der Waals surface area (Å²) in [6.07, 6.45) is 0. The highest BCUT2D eigenvalue weighted by atomic mass is 35.5. The predicted octanol–water partition coefficient (Wildman–Crippen LogP) is 1.59. The Morgan fingerprint density at radius 1 is 1.33 bits per heavy atom. The van der Waals surface area contributed by atoms with Gasteiger partial charge in [-0.3, -0.25) is 14.5 Å². The number of Topliss-reactive ketones (excluding diaryl/α,β-unsaturated/α-hetero) is 1. The summed E-state index contributed by atoms with van der Waals surface area (Å²) in [5.41, 5.74) is 0.567. The molecule has 1 aromatic rings. The van der Waals surface area contributed by atoms with Crippen LogP contribution < -0.4 is 5.32 Å². The van der Waals surface area contributed by atoms with Gasteiger partial charge in [0.15, 0.2) is 5.78 Å². The van der Waals surface area contributed by atoms with Gasteiger partial charge in [-0.1, -0.05) is 30.7 Å². The Morgan fingerprint density at radius 3 is 2.61 bits per heavy atom. The van der Waals surface area contributed by atoms with E-state index in [0.717, 1.165) is 0 Å². The fourth-order valence-electron chi connectivity index (χ4n) is 1.52. The van der Waals surface area contributed by atoms with Crippen molar-refractivity contribution < 1.29 is 9.59 Å². The zero-order valence-electron chi connectivity index (χ0n) is 10.6. The van der Waals surface area contributed by atoms with Crippen LogP contribution in [0.25, 0.3) is 0 Å². The number of carbonyl (C=O) groups excluding carboxylic acids is 2. The summed E-state index contributed by atoms with van der Waals surface area (Å²) >= 11 is 5.84. The quantitative estimate of drug-likeness (QED) is 0.797. The SMILES string of the molecule is CCN(CC(=O)NC)CC(=O)c1cccc(Cl)c1. The van der Waals surface area contributed by atoms with Crippen molar-refractivity contribution in [2.75, 3.05) is 26.7 Å². The average molecular weight is 269 g/mol. The molecule has 5 heteroatoms. The minimum Gasteiger partial charge on any atom is -0.358 e. The molecule has 0 fully saturated rings. The lowest BCUT2D eigenvalue weighted by molar-refractivity contribution is -0.121. The van der Waals surface area contributed by atoms with Crippen molar-refractivity contribution in [1.29, 1.82) is 0 Å². The number of hydrogen-bond donors (Lipinski definition) is 1. The van der Waals surface area contributed by atoms with Crippen molar-refractivity contribution >= 4 is 23.3 Å². The summed E-state index contributed by atoms with van der Waals surface area (Å²) < 4.78 is 0. The Kier molecular flexibility index (Phi) is 5.82. The minimum atomic E-state index is -0.101. The molecule has 0 spiro atoms. The fourth-order valence-corrected chi connectivity index (χ4v) is 1.71. The molecule has 4 nitrogen and oxygen atoms in total. The zero-order valence-corrected chi connectivity index (χ0v) is 11.3. The topological polar surface area (TPSA) is 49.4 Å². The molecule has 0 bridgehead atoms. The number of benzene rings is 1. The molecule has 0 atom stereocenters. The first-order chi connectivity index (χ1) is 8.56. The van der Waals surface area contributed by atoms with Crippen molar-refractivity contribution in [3.63, 3.8) is 0 Å². The highest BCUT2D eigenvalue weighted by Crippen LogP contribution is 2.11. The number of halogens is 1. The second-order valence-electron chi connectivity index (χ2n) is 3.91. The standard InChI is InChI=1S/C13H17ClN2O2/c1-3-16(9-13(18)15-2)8-12(17)10-5-4-6-11(14)7-10/h4-7H,3,8-9H2,1-2H3,(H,15,18). The van der Waals surface area contributed by atoms with Gasteiger partial charge in [0, 0.05) is 17.6 Å². The van der Waals surface area contributed by atoms with Crippen LogP contribution in [0.1, 0.15) is 17.3 Å². The zero-order chi connectivity index (χ0) is 13.5. The van der Waals surface area contributed by atoms with Crippen LogP contribution in [0.3, 0.4) is 0 Å². The molecule has 0 heterocycles. The predicted molar refractivity (Wildman–Crippen MR) is 72.0 cm³/mol. The first kappa shape index (κ1) is 14.7. The lowest BCUT2D eigenvalue weighted by Gasteiger charge is -2.18. The van der Waals surface area contributed by atoms with Gasteiger partial charge >= 0.3 is 0 Å². The Morgan fingerprint density at radius 2 is 2.06 bits per heavy atom. The van der Waals surface area contributed by atoms with Crippen molar-refractivity contribution in [2.45, 2.75) is 6.92 Å². The molecular formula is C13H17ClN2O2. The van der Waals surface area contributed by atoms with E-state index in [4.69, 9.17) is 11.6 Å². The Hall–Kier alpha value is -1.39. The van der Waals surface area contributed by atoms with E-state index in [1.54, 1.807) is 36.2 Å². The van der Waals surface area contributed by atoms with Crippen LogP contribution in [-0.4, -0.2) is 43.3 Å². The molecule has 1 aromatic carbocycles. The third kappa shape index (κ3) is 4.47. The summed E-state index contributed by atoms with van der Waals surface area (Å²) in [7, 11) is 1.58. The first-order valence-corrected chi connectivity index (χ1v) is 6.16. The van der Waals surface area contributed by atoms with Crippen molar-refractivity contribution in [1.82, 2.24) is 10.2 Å². The van der Waals surface area contributed by atoms with Crippen LogP contribution in [0.4, 0.5) is 0 Å². The molecule has 0 saturated heterocycles. The van der Waals surface area contributed by atoms with E-state index in [1.165, 1.54) is 0 Å². The van der Waals surface area contributed by atoms with E-state index in [0.29, 0.717) is 17.1 Å². The molecule has 1 amide bonds. The molecule has 0 unspecified atom stereocenters. The van der Waals surface area contributed by atoms with Crippen molar-refractivity contribution in [3.8, 4) is 0 Å². The van der Waals surface area contributed by atoms with E-state index in [2.05, 4.69) is 5.32 Å². The van der Waals surface area contributed by atoms with Gasteiger partial charge in [0.2, 0.25) is 5.91 Å². The van der Waals surface area contributed by atoms with Crippen LogP contribution in [0, 0.1) is 0 Å².